The number of non-ortho nitro benzene ring substituents is 1. The van der Waals surface area contributed by atoms with Crippen LogP contribution in [0.2, 0.25) is 10.0 Å². The zero-order valence-electron chi connectivity index (χ0n) is 12.8. The van der Waals surface area contributed by atoms with Crippen LogP contribution in [-0.4, -0.2) is 21.7 Å². The Morgan fingerprint density at radius 3 is 2.56 bits per heavy atom. The number of ether oxygens (including phenoxy) is 1. The highest BCUT2D eigenvalue weighted by atomic mass is 35.5. The van der Waals surface area contributed by atoms with Crippen LogP contribution in [-0.2, 0) is 9.53 Å². The van der Waals surface area contributed by atoms with Crippen molar-refractivity contribution in [2.45, 2.75) is 13.2 Å². The fraction of sp³-hybridized carbons (Fsp3) is 0.125. The quantitative estimate of drug-likeness (QED) is 0.592. The Kier molecular flexibility index (Phi) is 4.61. The first kappa shape index (κ1) is 17.2. The molecule has 0 bridgehead atoms. The molecule has 0 fully saturated rings. The van der Waals surface area contributed by atoms with E-state index >= 15 is 0 Å². The molecule has 0 saturated heterocycles. The highest BCUT2D eigenvalue weighted by Crippen LogP contribution is 2.36. The van der Waals surface area contributed by atoms with Gasteiger partial charge in [-0.2, -0.15) is 5.01 Å². The Morgan fingerprint density at radius 2 is 1.96 bits per heavy atom. The summed E-state index contributed by atoms with van der Waals surface area (Å²) in [5.74, 6) is -0.207. The van der Waals surface area contributed by atoms with Gasteiger partial charge in [0.1, 0.15) is 0 Å². The Bertz CT molecular complexity index is 901. The number of benzene rings is 2. The molecular formula is C16H11Cl2N3O4. The number of hydrogen-bond donors (Lipinski definition) is 0. The summed E-state index contributed by atoms with van der Waals surface area (Å²) in [6.45, 7) is 1.33. The fourth-order valence-electron chi connectivity index (χ4n) is 2.34. The Balaban J connectivity index is 1.99. The van der Waals surface area contributed by atoms with Gasteiger partial charge in [-0.15, -0.1) is 5.10 Å². The van der Waals surface area contributed by atoms with Crippen molar-refractivity contribution in [1.82, 2.24) is 5.01 Å². The lowest BCUT2D eigenvalue weighted by atomic mass is 10.1. The minimum atomic E-state index is -0.933. The molecule has 0 unspecified atom stereocenters. The van der Waals surface area contributed by atoms with Gasteiger partial charge in [-0.1, -0.05) is 35.3 Å². The van der Waals surface area contributed by atoms with Crippen LogP contribution in [0.1, 0.15) is 24.3 Å². The number of hydrazone groups is 1. The first-order valence-corrected chi connectivity index (χ1v) is 7.88. The smallest absolute Gasteiger partial charge is 0.270 e. The average molecular weight is 380 g/mol. The predicted octanol–water partition coefficient (Wildman–Crippen LogP) is 4.14. The van der Waals surface area contributed by atoms with Gasteiger partial charge in [0.15, 0.2) is 0 Å². The van der Waals surface area contributed by atoms with Crippen LogP contribution in [0.5, 0.6) is 0 Å². The number of rotatable bonds is 3. The maximum absolute atomic E-state index is 11.9. The van der Waals surface area contributed by atoms with Gasteiger partial charge < -0.3 is 4.74 Å². The third-order valence-electron chi connectivity index (χ3n) is 3.53. The van der Waals surface area contributed by atoms with Crippen LogP contribution >= 0.6 is 23.2 Å². The molecule has 1 aliphatic heterocycles. The predicted molar refractivity (Wildman–Crippen MR) is 92.4 cm³/mol. The largest absolute Gasteiger partial charge is 0.446 e. The van der Waals surface area contributed by atoms with E-state index in [0.717, 1.165) is 5.01 Å². The average Bonchev–Trinajstić information content (AvgIpc) is 3.00. The monoisotopic (exact) mass is 379 g/mol. The van der Waals surface area contributed by atoms with E-state index in [1.807, 2.05) is 0 Å². The summed E-state index contributed by atoms with van der Waals surface area (Å²) in [5, 5.41) is 16.7. The second-order valence-corrected chi connectivity index (χ2v) is 6.00. The van der Waals surface area contributed by atoms with Crippen molar-refractivity contribution in [2.24, 2.45) is 5.10 Å². The van der Waals surface area contributed by atoms with Gasteiger partial charge >= 0.3 is 0 Å². The minimum absolute atomic E-state index is 0.0982. The van der Waals surface area contributed by atoms with Gasteiger partial charge in [-0.25, -0.2) is 0 Å². The van der Waals surface area contributed by atoms with E-state index in [-0.39, 0.29) is 22.5 Å². The number of carbonyl (C=O) groups excluding carboxylic acids is 1. The third-order valence-corrected chi connectivity index (χ3v) is 4.19. The third kappa shape index (κ3) is 3.29. The molecule has 3 rings (SSSR count). The minimum Gasteiger partial charge on any atom is -0.446 e. The number of nitrogens with zero attached hydrogens (tertiary/aromatic N) is 3. The SMILES string of the molecule is CC(=O)N1N=C(c2ccccc2Cl)O[C@@H]1c1ccc([N+](=O)[O-])cc1Cl. The normalized spacial score (nSPS) is 16.4. The highest BCUT2D eigenvalue weighted by Gasteiger charge is 2.35. The second-order valence-electron chi connectivity index (χ2n) is 5.18. The van der Waals surface area contributed by atoms with Crippen LogP contribution in [0.3, 0.4) is 0 Å². The van der Waals surface area contributed by atoms with Crippen LogP contribution in [0, 0.1) is 10.1 Å². The van der Waals surface area contributed by atoms with Crippen LogP contribution in [0.25, 0.3) is 0 Å². The molecule has 7 nitrogen and oxygen atoms in total. The molecule has 25 heavy (non-hydrogen) atoms. The van der Waals surface area contributed by atoms with E-state index in [2.05, 4.69) is 5.10 Å². The van der Waals surface area contributed by atoms with E-state index in [0.29, 0.717) is 16.1 Å². The van der Waals surface area contributed by atoms with Gasteiger partial charge in [-0.3, -0.25) is 14.9 Å². The molecule has 0 spiro atoms. The molecule has 1 heterocycles. The van der Waals surface area contributed by atoms with E-state index in [9.17, 15) is 14.9 Å². The number of nitro groups is 1. The van der Waals surface area contributed by atoms with Gasteiger partial charge in [0.2, 0.25) is 18.0 Å². The van der Waals surface area contributed by atoms with Crippen molar-refractivity contribution in [1.29, 1.82) is 0 Å². The molecular weight excluding hydrogens is 369 g/mol. The number of carbonyl (C=O) groups is 1. The van der Waals surface area contributed by atoms with E-state index in [1.165, 1.54) is 25.1 Å². The van der Waals surface area contributed by atoms with Crippen molar-refractivity contribution < 1.29 is 14.5 Å². The maximum atomic E-state index is 11.9. The standard InChI is InChI=1S/C16H11Cl2N3O4/c1-9(22)20-16(12-7-6-10(21(23)24)8-14(12)18)25-15(19-20)11-4-2-3-5-13(11)17/h2-8,16H,1H3/t16-/m1/s1. The van der Waals surface area contributed by atoms with Gasteiger partial charge in [0.05, 0.1) is 20.5 Å². The lowest BCUT2D eigenvalue weighted by molar-refractivity contribution is -0.384. The summed E-state index contributed by atoms with van der Waals surface area (Å²) >= 11 is 12.3. The van der Waals surface area contributed by atoms with E-state index in [4.69, 9.17) is 27.9 Å². The Morgan fingerprint density at radius 1 is 1.24 bits per heavy atom. The summed E-state index contributed by atoms with van der Waals surface area (Å²) in [6.07, 6.45) is -0.933. The lowest BCUT2D eigenvalue weighted by Gasteiger charge is -2.20. The topological polar surface area (TPSA) is 85.0 Å². The van der Waals surface area contributed by atoms with E-state index in [1.54, 1.807) is 24.3 Å². The van der Waals surface area contributed by atoms with Crippen molar-refractivity contribution in [3.8, 4) is 0 Å². The molecule has 0 aromatic heterocycles. The zero-order valence-corrected chi connectivity index (χ0v) is 14.4. The molecule has 0 saturated carbocycles. The van der Waals surface area contributed by atoms with Crippen molar-refractivity contribution in [2.75, 3.05) is 0 Å². The molecule has 1 atom stereocenters. The molecule has 0 N–H and O–H groups in total. The van der Waals surface area contributed by atoms with Crippen molar-refractivity contribution >= 4 is 40.7 Å². The molecule has 128 valence electrons. The Hall–Kier alpha value is -2.64. The first-order valence-electron chi connectivity index (χ1n) is 7.12. The zero-order chi connectivity index (χ0) is 18.1. The summed E-state index contributed by atoms with van der Waals surface area (Å²) in [7, 11) is 0. The number of nitro benzene ring substituents is 1. The molecule has 2 aromatic carbocycles. The van der Waals surface area contributed by atoms with Crippen LogP contribution < -0.4 is 0 Å². The highest BCUT2D eigenvalue weighted by molar-refractivity contribution is 6.34. The Labute approximate surface area is 152 Å². The molecule has 9 heteroatoms. The van der Waals surface area contributed by atoms with Crippen molar-refractivity contribution in [3.63, 3.8) is 0 Å². The van der Waals surface area contributed by atoms with E-state index < -0.39 is 11.2 Å². The molecule has 1 aliphatic rings. The summed E-state index contributed by atoms with van der Waals surface area (Å²) in [5.41, 5.74) is 0.748. The summed E-state index contributed by atoms with van der Waals surface area (Å²) in [4.78, 5) is 22.2. The summed E-state index contributed by atoms with van der Waals surface area (Å²) < 4.78 is 5.79. The summed E-state index contributed by atoms with van der Waals surface area (Å²) in [6, 6.07) is 10.8. The second kappa shape index (κ2) is 6.70. The van der Waals surface area contributed by atoms with Crippen molar-refractivity contribution in [3.05, 3.63) is 73.8 Å². The van der Waals surface area contributed by atoms with Crippen LogP contribution in [0.4, 0.5) is 5.69 Å². The molecule has 0 aliphatic carbocycles. The lowest BCUT2D eigenvalue weighted by Crippen LogP contribution is -2.25. The van der Waals surface area contributed by atoms with Crippen LogP contribution in [0.15, 0.2) is 47.6 Å². The maximum Gasteiger partial charge on any atom is 0.270 e. The number of amides is 1. The van der Waals surface area contributed by atoms with Gasteiger partial charge in [0.25, 0.3) is 5.69 Å². The van der Waals surface area contributed by atoms with Gasteiger partial charge in [-0.05, 0) is 18.2 Å². The molecule has 1 amide bonds. The van der Waals surface area contributed by atoms with Gasteiger partial charge in [0, 0.05) is 24.6 Å². The number of halogens is 2. The number of hydrogen-bond acceptors (Lipinski definition) is 5. The fourth-order valence-corrected chi connectivity index (χ4v) is 2.83. The molecule has 2 aromatic rings. The first-order chi connectivity index (χ1) is 11.9. The molecule has 0 radical (unpaired) electrons.